The predicted molar refractivity (Wildman–Crippen MR) is 70.9 cm³/mol. The fourth-order valence-corrected chi connectivity index (χ4v) is 2.62. The maximum Gasteiger partial charge on any atom is 0.227 e. The van der Waals surface area contributed by atoms with Gasteiger partial charge in [0.1, 0.15) is 5.82 Å². The Hall–Kier alpha value is -1.36. The molecule has 5 nitrogen and oxygen atoms in total. The zero-order valence-corrected chi connectivity index (χ0v) is 10.6. The third-order valence-corrected chi connectivity index (χ3v) is 3.64. The van der Waals surface area contributed by atoms with Crippen LogP contribution in [0.15, 0.2) is 12.3 Å². The van der Waals surface area contributed by atoms with E-state index in [1.807, 2.05) is 12.3 Å². The number of morpholine rings is 1. The second kappa shape index (κ2) is 5.52. The van der Waals surface area contributed by atoms with Crippen molar-refractivity contribution in [3.05, 3.63) is 12.3 Å². The van der Waals surface area contributed by atoms with Gasteiger partial charge in [0.2, 0.25) is 5.95 Å². The smallest absolute Gasteiger partial charge is 0.227 e. The Bertz CT molecular complexity index is 386. The molecule has 5 heteroatoms. The standard InChI is InChI=1S/C13H20N4O/c1-2-4-11(3-1)15-12-5-6-14-13(16-12)17-7-9-18-10-8-17/h5-6,11H,1-4,7-10H2,(H,14,15,16). The van der Waals surface area contributed by atoms with Gasteiger partial charge in [0, 0.05) is 25.3 Å². The molecule has 0 unspecified atom stereocenters. The van der Waals surface area contributed by atoms with Crippen molar-refractivity contribution in [3.63, 3.8) is 0 Å². The predicted octanol–water partition coefficient (Wildman–Crippen LogP) is 1.67. The summed E-state index contributed by atoms with van der Waals surface area (Å²) in [6, 6.07) is 2.56. The van der Waals surface area contributed by atoms with Crippen molar-refractivity contribution in [2.45, 2.75) is 31.7 Å². The quantitative estimate of drug-likeness (QED) is 0.881. The van der Waals surface area contributed by atoms with E-state index in [0.29, 0.717) is 6.04 Å². The van der Waals surface area contributed by atoms with Crippen molar-refractivity contribution >= 4 is 11.8 Å². The fourth-order valence-electron chi connectivity index (χ4n) is 2.62. The zero-order valence-electron chi connectivity index (χ0n) is 10.6. The summed E-state index contributed by atoms with van der Waals surface area (Å²) in [4.78, 5) is 11.1. The average molecular weight is 248 g/mol. The maximum absolute atomic E-state index is 5.35. The van der Waals surface area contributed by atoms with Gasteiger partial charge in [0.25, 0.3) is 0 Å². The van der Waals surface area contributed by atoms with E-state index in [1.165, 1.54) is 25.7 Å². The summed E-state index contributed by atoms with van der Waals surface area (Å²) in [5.41, 5.74) is 0. The largest absolute Gasteiger partial charge is 0.378 e. The topological polar surface area (TPSA) is 50.3 Å². The average Bonchev–Trinajstić information content (AvgIpc) is 2.93. The molecule has 1 saturated heterocycles. The molecule has 1 aliphatic heterocycles. The monoisotopic (exact) mass is 248 g/mol. The van der Waals surface area contributed by atoms with E-state index < -0.39 is 0 Å². The highest BCUT2D eigenvalue weighted by atomic mass is 16.5. The molecular formula is C13H20N4O. The Labute approximate surface area is 108 Å². The summed E-state index contributed by atoms with van der Waals surface area (Å²) in [5, 5.41) is 3.51. The van der Waals surface area contributed by atoms with E-state index in [4.69, 9.17) is 4.74 Å². The van der Waals surface area contributed by atoms with Crippen LogP contribution in [0.1, 0.15) is 25.7 Å². The number of nitrogens with one attached hydrogen (secondary N) is 1. The molecule has 1 N–H and O–H groups in total. The van der Waals surface area contributed by atoms with Crippen molar-refractivity contribution in [2.75, 3.05) is 36.5 Å². The molecule has 1 aliphatic carbocycles. The molecule has 2 aliphatic rings. The molecular weight excluding hydrogens is 228 g/mol. The van der Waals surface area contributed by atoms with Gasteiger partial charge in [-0.3, -0.25) is 0 Å². The molecule has 1 saturated carbocycles. The number of hydrogen-bond donors (Lipinski definition) is 1. The SMILES string of the molecule is c1cc(NC2CCCC2)nc(N2CCOCC2)n1. The van der Waals surface area contributed by atoms with Crippen LogP contribution in [0, 0.1) is 0 Å². The van der Waals surface area contributed by atoms with Gasteiger partial charge in [0.05, 0.1) is 13.2 Å². The lowest BCUT2D eigenvalue weighted by Crippen LogP contribution is -2.37. The van der Waals surface area contributed by atoms with Crippen molar-refractivity contribution in [3.8, 4) is 0 Å². The molecule has 0 aromatic carbocycles. The minimum atomic E-state index is 0.595. The first-order valence-corrected chi connectivity index (χ1v) is 6.84. The molecule has 18 heavy (non-hydrogen) atoms. The van der Waals surface area contributed by atoms with Crippen LogP contribution in [0.25, 0.3) is 0 Å². The molecule has 3 rings (SSSR count). The minimum absolute atomic E-state index is 0.595. The fraction of sp³-hybridized carbons (Fsp3) is 0.692. The highest BCUT2D eigenvalue weighted by molar-refractivity contribution is 5.42. The lowest BCUT2D eigenvalue weighted by atomic mass is 10.2. The van der Waals surface area contributed by atoms with Gasteiger partial charge in [-0.05, 0) is 18.9 Å². The summed E-state index contributed by atoms with van der Waals surface area (Å²) < 4.78 is 5.35. The molecule has 98 valence electrons. The van der Waals surface area contributed by atoms with Crippen LogP contribution in [0.2, 0.25) is 0 Å². The van der Waals surface area contributed by atoms with E-state index in [-0.39, 0.29) is 0 Å². The number of rotatable bonds is 3. The molecule has 0 atom stereocenters. The molecule has 0 bridgehead atoms. The lowest BCUT2D eigenvalue weighted by Gasteiger charge is -2.27. The molecule has 2 fully saturated rings. The van der Waals surface area contributed by atoms with Crippen LogP contribution in [-0.2, 0) is 4.74 Å². The molecule has 1 aromatic rings. The molecule has 1 aromatic heterocycles. The van der Waals surface area contributed by atoms with E-state index in [2.05, 4.69) is 20.2 Å². The Morgan fingerprint density at radius 1 is 1.22 bits per heavy atom. The number of anilines is 2. The highest BCUT2D eigenvalue weighted by Gasteiger charge is 2.17. The van der Waals surface area contributed by atoms with E-state index >= 15 is 0 Å². The van der Waals surface area contributed by atoms with Crippen LogP contribution in [0.4, 0.5) is 11.8 Å². The summed E-state index contributed by atoms with van der Waals surface area (Å²) in [7, 11) is 0. The van der Waals surface area contributed by atoms with Crippen molar-refractivity contribution < 1.29 is 4.74 Å². The van der Waals surface area contributed by atoms with Gasteiger partial charge < -0.3 is 15.0 Å². The van der Waals surface area contributed by atoms with Crippen LogP contribution >= 0.6 is 0 Å². The summed E-state index contributed by atoms with van der Waals surface area (Å²) >= 11 is 0. The van der Waals surface area contributed by atoms with Gasteiger partial charge >= 0.3 is 0 Å². The van der Waals surface area contributed by atoms with Gasteiger partial charge in [-0.1, -0.05) is 12.8 Å². The molecule has 0 radical (unpaired) electrons. The Balaban J connectivity index is 1.67. The second-order valence-electron chi connectivity index (χ2n) is 4.97. The first-order valence-electron chi connectivity index (χ1n) is 6.84. The Kier molecular flexibility index (Phi) is 3.59. The van der Waals surface area contributed by atoms with E-state index in [0.717, 1.165) is 38.1 Å². The van der Waals surface area contributed by atoms with Crippen molar-refractivity contribution in [1.29, 1.82) is 0 Å². The van der Waals surface area contributed by atoms with E-state index in [1.54, 1.807) is 0 Å². The minimum Gasteiger partial charge on any atom is -0.378 e. The van der Waals surface area contributed by atoms with Crippen LogP contribution in [0.3, 0.4) is 0 Å². The van der Waals surface area contributed by atoms with Gasteiger partial charge in [-0.15, -0.1) is 0 Å². The second-order valence-corrected chi connectivity index (χ2v) is 4.97. The number of aromatic nitrogens is 2. The van der Waals surface area contributed by atoms with Crippen LogP contribution < -0.4 is 10.2 Å². The molecule has 2 heterocycles. The highest BCUT2D eigenvalue weighted by Crippen LogP contribution is 2.22. The van der Waals surface area contributed by atoms with Gasteiger partial charge in [0.15, 0.2) is 0 Å². The summed E-state index contributed by atoms with van der Waals surface area (Å²) in [6.07, 6.45) is 7.03. The summed E-state index contributed by atoms with van der Waals surface area (Å²) in [5.74, 6) is 1.78. The third kappa shape index (κ3) is 2.72. The Morgan fingerprint density at radius 3 is 2.78 bits per heavy atom. The first kappa shape index (κ1) is 11.7. The third-order valence-electron chi connectivity index (χ3n) is 3.64. The maximum atomic E-state index is 5.35. The Morgan fingerprint density at radius 2 is 2.00 bits per heavy atom. The van der Waals surface area contributed by atoms with Crippen LogP contribution in [0.5, 0.6) is 0 Å². The normalized spacial score (nSPS) is 21.2. The van der Waals surface area contributed by atoms with Crippen molar-refractivity contribution in [1.82, 2.24) is 9.97 Å². The number of hydrogen-bond acceptors (Lipinski definition) is 5. The lowest BCUT2D eigenvalue weighted by molar-refractivity contribution is 0.122. The van der Waals surface area contributed by atoms with Crippen LogP contribution in [-0.4, -0.2) is 42.3 Å². The van der Waals surface area contributed by atoms with E-state index in [9.17, 15) is 0 Å². The summed E-state index contributed by atoms with van der Waals surface area (Å²) in [6.45, 7) is 3.30. The molecule has 0 amide bonds. The van der Waals surface area contributed by atoms with Crippen molar-refractivity contribution in [2.24, 2.45) is 0 Å². The zero-order chi connectivity index (χ0) is 12.2. The van der Waals surface area contributed by atoms with Gasteiger partial charge in [-0.25, -0.2) is 4.98 Å². The number of nitrogens with zero attached hydrogens (tertiary/aromatic N) is 3. The number of ether oxygens (including phenoxy) is 1. The first-order chi connectivity index (χ1) is 8.92. The molecule has 0 spiro atoms. The van der Waals surface area contributed by atoms with Gasteiger partial charge in [-0.2, -0.15) is 4.98 Å².